The van der Waals surface area contributed by atoms with Crippen LogP contribution in [0.2, 0.25) is 0 Å². The van der Waals surface area contributed by atoms with Crippen molar-refractivity contribution >= 4 is 11.3 Å². The highest BCUT2D eigenvalue weighted by molar-refractivity contribution is 7.12. The summed E-state index contributed by atoms with van der Waals surface area (Å²) in [5.74, 6) is 0. The lowest BCUT2D eigenvalue weighted by Gasteiger charge is -2.15. The van der Waals surface area contributed by atoms with E-state index in [2.05, 4.69) is 31.8 Å². The van der Waals surface area contributed by atoms with Crippen molar-refractivity contribution < 1.29 is 5.11 Å². The first kappa shape index (κ1) is 11.4. The maximum atomic E-state index is 9.22. The number of thiophene rings is 1. The molecule has 1 unspecified atom stereocenters. The van der Waals surface area contributed by atoms with Crippen LogP contribution in [0.25, 0.3) is 0 Å². The molecule has 2 aromatic rings. The van der Waals surface area contributed by atoms with Gasteiger partial charge in [-0.15, -0.1) is 11.3 Å². The molecule has 0 spiro atoms. The molecule has 16 heavy (non-hydrogen) atoms. The average molecular weight is 236 g/mol. The Kier molecular flexibility index (Phi) is 3.12. The standard InChI is InChI=1S/C12H16N2OS/c1-8-4-12(10(3)16-8)9(2)14-7-13-5-11(14)6-15/h4-5,7,9,15H,6H2,1-3H3. The van der Waals surface area contributed by atoms with Crippen molar-refractivity contribution in [2.24, 2.45) is 0 Å². The zero-order valence-electron chi connectivity index (χ0n) is 9.77. The molecule has 0 aliphatic carbocycles. The Bertz CT molecular complexity index is 487. The van der Waals surface area contributed by atoms with Gasteiger partial charge in [0.05, 0.1) is 30.9 Å². The Hall–Kier alpha value is -1.13. The van der Waals surface area contributed by atoms with E-state index in [1.165, 1.54) is 15.3 Å². The topological polar surface area (TPSA) is 38.0 Å². The first-order chi connectivity index (χ1) is 7.63. The maximum absolute atomic E-state index is 9.22. The Morgan fingerprint density at radius 1 is 1.50 bits per heavy atom. The molecule has 2 heterocycles. The van der Waals surface area contributed by atoms with Gasteiger partial charge in [-0.05, 0) is 32.4 Å². The molecule has 0 saturated heterocycles. The second-order valence-corrected chi connectivity index (χ2v) is 5.46. The highest BCUT2D eigenvalue weighted by atomic mass is 32.1. The van der Waals surface area contributed by atoms with Crippen LogP contribution in [0.4, 0.5) is 0 Å². The predicted octanol–water partition coefficient (Wildman–Crippen LogP) is 2.66. The van der Waals surface area contributed by atoms with Crippen molar-refractivity contribution in [3.8, 4) is 0 Å². The lowest BCUT2D eigenvalue weighted by atomic mass is 10.1. The minimum absolute atomic E-state index is 0.0342. The van der Waals surface area contributed by atoms with Crippen molar-refractivity contribution in [3.05, 3.63) is 39.6 Å². The van der Waals surface area contributed by atoms with Crippen LogP contribution >= 0.6 is 11.3 Å². The van der Waals surface area contributed by atoms with E-state index in [0.717, 1.165) is 5.69 Å². The van der Waals surface area contributed by atoms with Crippen LogP contribution in [0.15, 0.2) is 18.6 Å². The highest BCUT2D eigenvalue weighted by Gasteiger charge is 2.15. The van der Waals surface area contributed by atoms with Gasteiger partial charge in [0.1, 0.15) is 0 Å². The highest BCUT2D eigenvalue weighted by Crippen LogP contribution is 2.29. The molecule has 0 radical (unpaired) electrons. The minimum atomic E-state index is 0.0342. The molecule has 3 nitrogen and oxygen atoms in total. The quantitative estimate of drug-likeness (QED) is 0.889. The molecule has 1 N–H and O–H groups in total. The molecule has 86 valence electrons. The summed E-state index contributed by atoms with van der Waals surface area (Å²) >= 11 is 1.81. The van der Waals surface area contributed by atoms with Gasteiger partial charge in [0.2, 0.25) is 0 Å². The Morgan fingerprint density at radius 2 is 2.25 bits per heavy atom. The molecule has 0 fully saturated rings. The summed E-state index contributed by atoms with van der Waals surface area (Å²) in [4.78, 5) is 6.74. The van der Waals surface area contributed by atoms with Crippen molar-refractivity contribution in [2.75, 3.05) is 0 Å². The molecule has 0 aliphatic rings. The monoisotopic (exact) mass is 236 g/mol. The van der Waals surface area contributed by atoms with E-state index in [1.807, 2.05) is 15.9 Å². The summed E-state index contributed by atoms with van der Waals surface area (Å²) in [5.41, 5.74) is 2.17. The Labute approximate surface area is 99.4 Å². The van der Waals surface area contributed by atoms with E-state index >= 15 is 0 Å². The first-order valence-electron chi connectivity index (χ1n) is 5.32. The fourth-order valence-electron chi connectivity index (χ4n) is 2.02. The summed E-state index contributed by atoms with van der Waals surface area (Å²) < 4.78 is 2.02. The van der Waals surface area contributed by atoms with Crippen LogP contribution in [0, 0.1) is 13.8 Å². The summed E-state index contributed by atoms with van der Waals surface area (Å²) in [6.07, 6.45) is 3.49. The molecular formula is C12H16N2OS. The van der Waals surface area contributed by atoms with Gasteiger partial charge in [-0.3, -0.25) is 0 Å². The largest absolute Gasteiger partial charge is 0.390 e. The molecule has 4 heteroatoms. The van der Waals surface area contributed by atoms with Crippen LogP contribution in [0.3, 0.4) is 0 Å². The van der Waals surface area contributed by atoms with Crippen LogP contribution in [-0.2, 0) is 6.61 Å². The molecule has 2 rings (SSSR count). The van der Waals surface area contributed by atoms with Gasteiger partial charge in [0.25, 0.3) is 0 Å². The molecule has 0 saturated carbocycles. The number of rotatable bonds is 3. The third-order valence-corrected chi connectivity index (χ3v) is 3.84. The van der Waals surface area contributed by atoms with E-state index in [4.69, 9.17) is 0 Å². The van der Waals surface area contributed by atoms with E-state index in [9.17, 15) is 5.11 Å². The van der Waals surface area contributed by atoms with Crippen molar-refractivity contribution in [1.29, 1.82) is 0 Å². The average Bonchev–Trinajstić information content (AvgIpc) is 2.83. The molecular weight excluding hydrogens is 220 g/mol. The Morgan fingerprint density at radius 3 is 2.81 bits per heavy atom. The maximum Gasteiger partial charge on any atom is 0.0954 e. The number of aryl methyl sites for hydroxylation is 2. The zero-order valence-corrected chi connectivity index (χ0v) is 10.6. The number of imidazole rings is 1. The van der Waals surface area contributed by atoms with Crippen LogP contribution in [0.1, 0.15) is 34.0 Å². The van der Waals surface area contributed by atoms with Gasteiger partial charge in [-0.1, -0.05) is 0 Å². The van der Waals surface area contributed by atoms with E-state index < -0.39 is 0 Å². The predicted molar refractivity (Wildman–Crippen MR) is 65.8 cm³/mol. The minimum Gasteiger partial charge on any atom is -0.390 e. The van der Waals surface area contributed by atoms with Gasteiger partial charge in [0.15, 0.2) is 0 Å². The number of aliphatic hydroxyl groups is 1. The fourth-order valence-corrected chi connectivity index (χ4v) is 3.03. The second kappa shape index (κ2) is 4.39. The van der Waals surface area contributed by atoms with E-state index in [1.54, 1.807) is 12.5 Å². The fraction of sp³-hybridized carbons (Fsp3) is 0.417. The SMILES string of the molecule is Cc1cc(C(C)n2cncc2CO)c(C)s1. The van der Waals surface area contributed by atoms with Crippen LogP contribution < -0.4 is 0 Å². The van der Waals surface area contributed by atoms with E-state index in [-0.39, 0.29) is 12.6 Å². The number of aromatic nitrogens is 2. The third-order valence-electron chi connectivity index (χ3n) is 2.85. The number of hydrogen-bond acceptors (Lipinski definition) is 3. The van der Waals surface area contributed by atoms with Crippen molar-refractivity contribution in [3.63, 3.8) is 0 Å². The van der Waals surface area contributed by atoms with Gasteiger partial charge in [-0.25, -0.2) is 4.98 Å². The van der Waals surface area contributed by atoms with Gasteiger partial charge >= 0.3 is 0 Å². The number of hydrogen-bond donors (Lipinski definition) is 1. The van der Waals surface area contributed by atoms with Crippen molar-refractivity contribution in [1.82, 2.24) is 9.55 Å². The molecule has 0 bridgehead atoms. The lowest BCUT2D eigenvalue weighted by Crippen LogP contribution is -2.09. The first-order valence-corrected chi connectivity index (χ1v) is 6.13. The van der Waals surface area contributed by atoms with Gasteiger partial charge in [-0.2, -0.15) is 0 Å². The lowest BCUT2D eigenvalue weighted by molar-refractivity contribution is 0.269. The summed E-state index contributed by atoms with van der Waals surface area (Å²) in [7, 11) is 0. The van der Waals surface area contributed by atoms with Crippen LogP contribution in [0.5, 0.6) is 0 Å². The zero-order chi connectivity index (χ0) is 11.7. The van der Waals surface area contributed by atoms with Crippen LogP contribution in [-0.4, -0.2) is 14.7 Å². The van der Waals surface area contributed by atoms with Gasteiger partial charge in [0, 0.05) is 9.75 Å². The third kappa shape index (κ3) is 1.90. The number of aliphatic hydroxyl groups excluding tert-OH is 1. The molecule has 0 aliphatic heterocycles. The molecule has 2 aromatic heterocycles. The van der Waals surface area contributed by atoms with Gasteiger partial charge < -0.3 is 9.67 Å². The summed E-state index contributed by atoms with van der Waals surface area (Å²) in [6.45, 7) is 6.43. The summed E-state index contributed by atoms with van der Waals surface area (Å²) in [5, 5.41) is 9.22. The van der Waals surface area contributed by atoms with Crippen molar-refractivity contribution in [2.45, 2.75) is 33.4 Å². The molecule has 0 amide bonds. The smallest absolute Gasteiger partial charge is 0.0954 e. The Balaban J connectivity index is 2.38. The molecule has 1 atom stereocenters. The van der Waals surface area contributed by atoms with E-state index in [0.29, 0.717) is 0 Å². The molecule has 0 aromatic carbocycles. The normalized spacial score (nSPS) is 13.0. The second-order valence-electron chi connectivity index (χ2n) is 3.99. The number of nitrogens with zero attached hydrogens (tertiary/aromatic N) is 2. The summed E-state index contributed by atoms with van der Waals surface area (Å²) in [6, 6.07) is 2.45.